The number of halogens is 1. The first-order valence-corrected chi connectivity index (χ1v) is 6.18. The minimum Gasteiger partial charge on any atom is -0.479 e. The van der Waals surface area contributed by atoms with Gasteiger partial charge < -0.3 is 14.9 Å². The second kappa shape index (κ2) is 6.11. The predicted molar refractivity (Wildman–Crippen MR) is 73.9 cm³/mol. The van der Waals surface area contributed by atoms with Gasteiger partial charge in [-0.2, -0.15) is 0 Å². The number of anilines is 1. The molecule has 6 nitrogen and oxygen atoms in total. The van der Waals surface area contributed by atoms with Crippen molar-refractivity contribution >= 4 is 29.4 Å². The normalized spacial score (nSPS) is 12.7. The Hall–Kier alpha value is -1.79. The van der Waals surface area contributed by atoms with Gasteiger partial charge in [-0.1, -0.05) is 17.7 Å². The van der Waals surface area contributed by atoms with E-state index in [4.69, 9.17) is 21.4 Å². The lowest BCUT2D eigenvalue weighted by atomic mass is 10.1. The summed E-state index contributed by atoms with van der Waals surface area (Å²) in [5.41, 5.74) is -0.243. The topological polar surface area (TPSA) is 95.9 Å². The smallest absolute Gasteiger partial charge is 0.412 e. The first kappa shape index (κ1) is 16.3. The van der Waals surface area contributed by atoms with Crippen LogP contribution in [0.1, 0.15) is 32.4 Å². The number of ether oxygens (including phenoxy) is 1. The zero-order chi connectivity index (χ0) is 15.5. The third-order valence-electron chi connectivity index (χ3n) is 2.17. The summed E-state index contributed by atoms with van der Waals surface area (Å²) in [6, 6.07) is 4.10. The highest BCUT2D eigenvalue weighted by molar-refractivity contribution is 6.32. The maximum atomic E-state index is 11.5. The lowest BCUT2D eigenvalue weighted by molar-refractivity contribution is -0.146. The van der Waals surface area contributed by atoms with Crippen LogP contribution in [0.3, 0.4) is 0 Å². The van der Waals surface area contributed by atoms with Crippen molar-refractivity contribution in [2.24, 2.45) is 0 Å². The first-order chi connectivity index (χ1) is 9.10. The Morgan fingerprint density at radius 3 is 2.40 bits per heavy atom. The molecule has 0 fully saturated rings. The fourth-order valence-electron chi connectivity index (χ4n) is 1.38. The number of aliphatic hydroxyl groups excluding tert-OH is 1. The maximum absolute atomic E-state index is 11.5. The van der Waals surface area contributed by atoms with E-state index in [-0.39, 0.29) is 10.6 Å². The molecule has 0 radical (unpaired) electrons. The minimum absolute atomic E-state index is 0.0356. The van der Waals surface area contributed by atoms with Gasteiger partial charge in [-0.15, -0.1) is 0 Å². The van der Waals surface area contributed by atoms with Gasteiger partial charge in [0.25, 0.3) is 0 Å². The largest absolute Gasteiger partial charge is 0.479 e. The van der Waals surface area contributed by atoms with Crippen LogP contribution in [0.2, 0.25) is 5.02 Å². The van der Waals surface area contributed by atoms with E-state index >= 15 is 0 Å². The number of hydrogen-bond donors (Lipinski definition) is 3. The summed E-state index contributed by atoms with van der Waals surface area (Å²) in [4.78, 5) is 22.2. The monoisotopic (exact) mass is 301 g/mol. The molecule has 0 aliphatic rings. The van der Waals surface area contributed by atoms with Crippen molar-refractivity contribution in [3.05, 3.63) is 28.8 Å². The fourth-order valence-corrected chi connectivity index (χ4v) is 1.67. The van der Waals surface area contributed by atoms with E-state index in [1.54, 1.807) is 20.8 Å². The summed E-state index contributed by atoms with van der Waals surface area (Å²) in [7, 11) is 0. The van der Waals surface area contributed by atoms with Gasteiger partial charge in [0.15, 0.2) is 6.10 Å². The van der Waals surface area contributed by atoms with Gasteiger partial charge in [-0.05, 0) is 32.9 Å². The Morgan fingerprint density at radius 1 is 1.35 bits per heavy atom. The number of carbonyl (C=O) groups excluding carboxylic acids is 1. The quantitative estimate of drug-likeness (QED) is 0.798. The molecule has 0 aliphatic carbocycles. The predicted octanol–water partition coefficient (Wildman–Crippen LogP) is 2.80. The van der Waals surface area contributed by atoms with E-state index in [9.17, 15) is 14.7 Å². The fraction of sp³-hybridized carbons (Fsp3) is 0.385. The number of nitrogens with one attached hydrogen (secondary N) is 1. The SMILES string of the molecule is CC(C)(C)OC(=O)Nc1ccc(C(O)C(=O)O)c(Cl)c1. The average molecular weight is 302 g/mol. The Morgan fingerprint density at radius 2 is 1.95 bits per heavy atom. The van der Waals surface area contributed by atoms with Crippen molar-refractivity contribution in [1.82, 2.24) is 0 Å². The van der Waals surface area contributed by atoms with E-state index in [1.165, 1.54) is 18.2 Å². The van der Waals surface area contributed by atoms with E-state index in [2.05, 4.69) is 5.32 Å². The van der Waals surface area contributed by atoms with Crippen molar-refractivity contribution in [3.8, 4) is 0 Å². The number of rotatable bonds is 3. The zero-order valence-electron chi connectivity index (χ0n) is 11.3. The van der Waals surface area contributed by atoms with E-state index < -0.39 is 23.8 Å². The minimum atomic E-state index is -1.71. The molecule has 7 heteroatoms. The van der Waals surface area contributed by atoms with Gasteiger partial charge in [-0.25, -0.2) is 9.59 Å². The second-order valence-corrected chi connectivity index (χ2v) is 5.51. The van der Waals surface area contributed by atoms with Crippen LogP contribution < -0.4 is 5.32 Å². The standard InChI is InChI=1S/C13H16ClNO5/c1-13(2,3)20-12(19)15-7-4-5-8(9(14)6-7)10(16)11(17)18/h4-6,10,16H,1-3H3,(H,15,19)(H,17,18). The molecule has 0 aliphatic heterocycles. The lowest BCUT2D eigenvalue weighted by Gasteiger charge is -2.20. The summed E-state index contributed by atoms with van der Waals surface area (Å²) < 4.78 is 5.06. The van der Waals surface area contributed by atoms with Crippen molar-refractivity contribution < 1.29 is 24.5 Å². The highest BCUT2D eigenvalue weighted by atomic mass is 35.5. The van der Waals surface area contributed by atoms with Crippen LogP contribution in [0.25, 0.3) is 0 Å². The number of amides is 1. The Bertz CT molecular complexity index is 524. The number of aliphatic carboxylic acids is 1. The molecular weight excluding hydrogens is 286 g/mol. The summed E-state index contributed by atoms with van der Waals surface area (Å²) in [6.45, 7) is 5.18. The number of benzene rings is 1. The Balaban J connectivity index is 2.83. The number of carboxylic acids is 1. The number of carboxylic acid groups (broad SMARTS) is 1. The molecule has 1 amide bonds. The van der Waals surface area contributed by atoms with Crippen LogP contribution in [-0.2, 0) is 9.53 Å². The molecule has 1 aromatic carbocycles. The molecule has 0 bridgehead atoms. The van der Waals surface area contributed by atoms with E-state index in [0.717, 1.165) is 0 Å². The van der Waals surface area contributed by atoms with Gasteiger partial charge in [0.1, 0.15) is 5.60 Å². The van der Waals surface area contributed by atoms with Gasteiger partial charge in [0.05, 0.1) is 0 Å². The maximum Gasteiger partial charge on any atom is 0.412 e. The number of aliphatic hydroxyl groups is 1. The molecule has 3 N–H and O–H groups in total. The molecule has 0 saturated carbocycles. The molecule has 0 aromatic heterocycles. The molecule has 1 unspecified atom stereocenters. The first-order valence-electron chi connectivity index (χ1n) is 5.80. The second-order valence-electron chi connectivity index (χ2n) is 5.10. The van der Waals surface area contributed by atoms with Crippen molar-refractivity contribution in [1.29, 1.82) is 0 Å². The number of hydrogen-bond acceptors (Lipinski definition) is 4. The van der Waals surface area contributed by atoms with Crippen LogP contribution >= 0.6 is 11.6 Å². The summed E-state index contributed by atoms with van der Waals surface area (Å²) in [5, 5.41) is 20.6. The van der Waals surface area contributed by atoms with Crippen LogP contribution in [-0.4, -0.2) is 27.9 Å². The van der Waals surface area contributed by atoms with Gasteiger partial charge in [0.2, 0.25) is 0 Å². The molecule has 1 rings (SSSR count). The Labute approximate surface area is 121 Å². The van der Waals surface area contributed by atoms with Gasteiger partial charge in [-0.3, -0.25) is 5.32 Å². The third kappa shape index (κ3) is 4.71. The van der Waals surface area contributed by atoms with Gasteiger partial charge >= 0.3 is 12.1 Å². The van der Waals surface area contributed by atoms with Crippen LogP contribution in [0, 0.1) is 0 Å². The van der Waals surface area contributed by atoms with E-state index in [1.807, 2.05) is 0 Å². The summed E-state index contributed by atoms with van der Waals surface area (Å²) in [6.07, 6.45) is -2.36. The summed E-state index contributed by atoms with van der Waals surface area (Å²) in [5.74, 6) is -1.40. The van der Waals surface area contributed by atoms with Crippen molar-refractivity contribution in [2.75, 3.05) is 5.32 Å². The average Bonchev–Trinajstić information content (AvgIpc) is 2.25. The Kier molecular flexibility index (Phi) is 4.97. The van der Waals surface area contributed by atoms with Crippen LogP contribution in [0.15, 0.2) is 18.2 Å². The molecular formula is C13H16ClNO5. The van der Waals surface area contributed by atoms with E-state index in [0.29, 0.717) is 5.69 Å². The molecule has 1 atom stereocenters. The molecule has 0 saturated heterocycles. The number of carbonyl (C=O) groups is 2. The molecule has 1 aromatic rings. The highest BCUT2D eigenvalue weighted by Gasteiger charge is 2.20. The molecule has 0 heterocycles. The van der Waals surface area contributed by atoms with Crippen molar-refractivity contribution in [3.63, 3.8) is 0 Å². The van der Waals surface area contributed by atoms with Crippen LogP contribution in [0.5, 0.6) is 0 Å². The molecule has 0 spiro atoms. The van der Waals surface area contributed by atoms with Crippen molar-refractivity contribution in [2.45, 2.75) is 32.5 Å². The molecule has 110 valence electrons. The lowest BCUT2D eigenvalue weighted by Crippen LogP contribution is -2.27. The van der Waals surface area contributed by atoms with Gasteiger partial charge in [0, 0.05) is 16.3 Å². The highest BCUT2D eigenvalue weighted by Crippen LogP contribution is 2.26. The van der Waals surface area contributed by atoms with Crippen LogP contribution in [0.4, 0.5) is 10.5 Å². The summed E-state index contributed by atoms with van der Waals surface area (Å²) >= 11 is 5.87. The zero-order valence-corrected chi connectivity index (χ0v) is 12.1. The molecule has 20 heavy (non-hydrogen) atoms. The third-order valence-corrected chi connectivity index (χ3v) is 2.50.